The molecule has 0 aromatic rings. The first-order valence-corrected chi connectivity index (χ1v) is 4.08. The highest BCUT2D eigenvalue weighted by atomic mass is 14.3. The van der Waals surface area contributed by atoms with Crippen molar-refractivity contribution in [3.63, 3.8) is 0 Å². The largest absolute Gasteiger partial charge is 0.0701 e. The number of hydrogen-bond acceptors (Lipinski definition) is 0. The molecule has 2 aliphatic carbocycles. The highest BCUT2D eigenvalue weighted by Crippen LogP contribution is 2.42. The summed E-state index contributed by atoms with van der Waals surface area (Å²) in [5.74, 6) is 0.947. The molecule has 0 bridgehead atoms. The average molecular weight is 122 g/mol. The first kappa shape index (κ1) is 5.52. The lowest BCUT2D eigenvalue weighted by Gasteiger charge is -2.01. The molecular formula is C9H14. The Morgan fingerprint density at radius 1 is 1.22 bits per heavy atom. The number of hydrogen-bond donors (Lipinski definition) is 0. The summed E-state index contributed by atoms with van der Waals surface area (Å²) in [7, 11) is 0. The normalized spacial score (nSPS) is 33.7. The second-order valence-electron chi connectivity index (χ2n) is 3.42. The van der Waals surface area contributed by atoms with Gasteiger partial charge in [0.1, 0.15) is 0 Å². The SMILES string of the molecule is CC1CCCC1=C1CC1. The van der Waals surface area contributed by atoms with Crippen LogP contribution in [0.2, 0.25) is 0 Å². The number of rotatable bonds is 0. The topological polar surface area (TPSA) is 0 Å². The van der Waals surface area contributed by atoms with Crippen LogP contribution in [0.4, 0.5) is 0 Å². The Morgan fingerprint density at radius 3 is 2.44 bits per heavy atom. The van der Waals surface area contributed by atoms with E-state index in [1.54, 1.807) is 5.57 Å². The van der Waals surface area contributed by atoms with Crippen molar-refractivity contribution in [2.45, 2.75) is 39.0 Å². The molecule has 1 unspecified atom stereocenters. The van der Waals surface area contributed by atoms with Gasteiger partial charge in [-0.05, 0) is 38.0 Å². The van der Waals surface area contributed by atoms with Crippen molar-refractivity contribution >= 4 is 0 Å². The summed E-state index contributed by atoms with van der Waals surface area (Å²) in [5, 5.41) is 0. The fourth-order valence-corrected chi connectivity index (χ4v) is 1.93. The third kappa shape index (κ3) is 0.910. The minimum atomic E-state index is 0.947. The van der Waals surface area contributed by atoms with Crippen LogP contribution in [-0.2, 0) is 0 Å². The van der Waals surface area contributed by atoms with Gasteiger partial charge in [0.2, 0.25) is 0 Å². The molecular weight excluding hydrogens is 108 g/mol. The van der Waals surface area contributed by atoms with Crippen LogP contribution in [0.25, 0.3) is 0 Å². The molecule has 2 aliphatic rings. The van der Waals surface area contributed by atoms with Crippen LogP contribution in [0, 0.1) is 5.92 Å². The highest BCUT2D eigenvalue weighted by molar-refractivity contribution is 5.28. The summed E-state index contributed by atoms with van der Waals surface area (Å²) in [6.07, 6.45) is 7.20. The second kappa shape index (κ2) is 1.86. The first-order chi connectivity index (χ1) is 4.38. The molecule has 0 heteroatoms. The van der Waals surface area contributed by atoms with Gasteiger partial charge in [-0.3, -0.25) is 0 Å². The predicted octanol–water partition coefficient (Wildman–Crippen LogP) is 2.90. The number of allylic oxidation sites excluding steroid dienone is 2. The molecule has 0 spiro atoms. The van der Waals surface area contributed by atoms with Crippen molar-refractivity contribution in [2.24, 2.45) is 5.92 Å². The Labute approximate surface area is 57.0 Å². The maximum Gasteiger partial charge on any atom is -0.0229 e. The fraction of sp³-hybridized carbons (Fsp3) is 0.778. The van der Waals surface area contributed by atoms with Crippen molar-refractivity contribution in [3.05, 3.63) is 11.1 Å². The Morgan fingerprint density at radius 2 is 2.00 bits per heavy atom. The van der Waals surface area contributed by atoms with Gasteiger partial charge in [0.05, 0.1) is 0 Å². The van der Waals surface area contributed by atoms with Crippen molar-refractivity contribution < 1.29 is 0 Å². The third-order valence-electron chi connectivity index (χ3n) is 2.63. The summed E-state index contributed by atoms with van der Waals surface area (Å²) >= 11 is 0. The van der Waals surface area contributed by atoms with Crippen molar-refractivity contribution in [1.29, 1.82) is 0 Å². The van der Waals surface area contributed by atoms with Crippen molar-refractivity contribution in [1.82, 2.24) is 0 Å². The minimum absolute atomic E-state index is 0.947. The standard InChI is InChI=1S/C9H14/c1-7-3-2-4-9(7)8-5-6-8/h7H,2-6H2,1H3. The van der Waals surface area contributed by atoms with Crippen LogP contribution in [0.15, 0.2) is 11.1 Å². The molecule has 2 rings (SSSR count). The van der Waals surface area contributed by atoms with E-state index in [0.717, 1.165) is 5.92 Å². The highest BCUT2D eigenvalue weighted by Gasteiger charge is 2.24. The molecule has 0 aliphatic heterocycles. The molecule has 1 atom stereocenters. The van der Waals surface area contributed by atoms with Crippen LogP contribution in [-0.4, -0.2) is 0 Å². The van der Waals surface area contributed by atoms with Crippen LogP contribution >= 0.6 is 0 Å². The van der Waals surface area contributed by atoms with E-state index < -0.39 is 0 Å². The minimum Gasteiger partial charge on any atom is -0.0701 e. The van der Waals surface area contributed by atoms with E-state index in [0.29, 0.717) is 0 Å². The van der Waals surface area contributed by atoms with E-state index in [1.165, 1.54) is 32.1 Å². The van der Waals surface area contributed by atoms with Gasteiger partial charge in [0.15, 0.2) is 0 Å². The summed E-state index contributed by atoms with van der Waals surface area (Å²) in [4.78, 5) is 0. The molecule has 0 amide bonds. The van der Waals surface area contributed by atoms with E-state index in [4.69, 9.17) is 0 Å². The molecule has 0 aromatic heterocycles. The first-order valence-electron chi connectivity index (χ1n) is 4.08. The lowest BCUT2D eigenvalue weighted by Crippen LogP contribution is -1.87. The zero-order valence-corrected chi connectivity index (χ0v) is 6.11. The van der Waals surface area contributed by atoms with Crippen molar-refractivity contribution in [2.75, 3.05) is 0 Å². The van der Waals surface area contributed by atoms with Crippen LogP contribution in [0.5, 0.6) is 0 Å². The molecule has 2 fully saturated rings. The molecule has 0 N–H and O–H groups in total. The second-order valence-corrected chi connectivity index (χ2v) is 3.42. The van der Waals surface area contributed by atoms with Gasteiger partial charge in [-0.1, -0.05) is 18.1 Å². The molecule has 0 nitrogen and oxygen atoms in total. The van der Waals surface area contributed by atoms with Gasteiger partial charge in [-0.15, -0.1) is 0 Å². The monoisotopic (exact) mass is 122 g/mol. The van der Waals surface area contributed by atoms with Gasteiger partial charge in [-0.25, -0.2) is 0 Å². The molecule has 0 radical (unpaired) electrons. The summed E-state index contributed by atoms with van der Waals surface area (Å²) in [6.45, 7) is 2.38. The lowest BCUT2D eigenvalue weighted by atomic mass is 10.1. The lowest BCUT2D eigenvalue weighted by molar-refractivity contribution is 0.694. The van der Waals surface area contributed by atoms with E-state index in [9.17, 15) is 0 Å². The molecule has 0 saturated heterocycles. The van der Waals surface area contributed by atoms with Crippen LogP contribution in [0.1, 0.15) is 39.0 Å². The van der Waals surface area contributed by atoms with Crippen LogP contribution < -0.4 is 0 Å². The average Bonchev–Trinajstić information content (AvgIpc) is 2.58. The van der Waals surface area contributed by atoms with Gasteiger partial charge in [-0.2, -0.15) is 0 Å². The predicted molar refractivity (Wildman–Crippen MR) is 39.3 cm³/mol. The van der Waals surface area contributed by atoms with Gasteiger partial charge in [0, 0.05) is 0 Å². The van der Waals surface area contributed by atoms with E-state index in [1.807, 2.05) is 5.57 Å². The Balaban J connectivity index is 2.19. The smallest absolute Gasteiger partial charge is 0.0229 e. The van der Waals surface area contributed by atoms with Gasteiger partial charge in [0.25, 0.3) is 0 Å². The molecule has 50 valence electrons. The third-order valence-corrected chi connectivity index (χ3v) is 2.63. The maximum atomic E-state index is 2.38. The zero-order valence-electron chi connectivity index (χ0n) is 6.11. The van der Waals surface area contributed by atoms with Crippen LogP contribution in [0.3, 0.4) is 0 Å². The fourth-order valence-electron chi connectivity index (χ4n) is 1.93. The molecule has 0 aromatic carbocycles. The molecule has 9 heavy (non-hydrogen) atoms. The molecule has 2 saturated carbocycles. The Hall–Kier alpha value is -0.260. The van der Waals surface area contributed by atoms with E-state index in [2.05, 4.69) is 6.92 Å². The van der Waals surface area contributed by atoms with Gasteiger partial charge >= 0.3 is 0 Å². The Bertz CT molecular complexity index is 147. The quantitative estimate of drug-likeness (QED) is 0.433. The zero-order chi connectivity index (χ0) is 6.27. The van der Waals surface area contributed by atoms with E-state index >= 15 is 0 Å². The summed E-state index contributed by atoms with van der Waals surface area (Å²) in [6, 6.07) is 0. The summed E-state index contributed by atoms with van der Waals surface area (Å²) < 4.78 is 0. The summed E-state index contributed by atoms with van der Waals surface area (Å²) in [5.41, 5.74) is 3.63. The maximum absolute atomic E-state index is 2.38. The van der Waals surface area contributed by atoms with E-state index in [-0.39, 0.29) is 0 Å². The van der Waals surface area contributed by atoms with Crippen molar-refractivity contribution in [3.8, 4) is 0 Å². The van der Waals surface area contributed by atoms with Gasteiger partial charge < -0.3 is 0 Å². The Kier molecular flexibility index (Phi) is 1.14. The molecule has 0 heterocycles.